The van der Waals surface area contributed by atoms with Crippen LogP contribution in [0.2, 0.25) is 0 Å². The smallest absolute Gasteiger partial charge is 0.254 e. The highest BCUT2D eigenvalue weighted by Crippen LogP contribution is 2.54. The third-order valence-electron chi connectivity index (χ3n) is 6.90. The predicted octanol–water partition coefficient (Wildman–Crippen LogP) is 2.46. The van der Waals surface area contributed by atoms with Gasteiger partial charge in [-0.05, 0) is 49.7 Å². The number of aromatic nitrogens is 4. The lowest BCUT2D eigenvalue weighted by molar-refractivity contribution is 0.0694. The number of aryl methyl sites for hydroxylation is 1. The van der Waals surface area contributed by atoms with Crippen LogP contribution in [-0.4, -0.2) is 69.8 Å². The van der Waals surface area contributed by atoms with Crippen molar-refractivity contribution in [2.24, 2.45) is 7.05 Å². The number of rotatable bonds is 8. The molecule has 1 amide bonds. The van der Waals surface area contributed by atoms with Crippen LogP contribution in [0.5, 0.6) is 5.88 Å². The molecule has 0 unspecified atom stereocenters. The zero-order valence-corrected chi connectivity index (χ0v) is 20.6. The molecule has 1 saturated carbocycles. The van der Waals surface area contributed by atoms with Crippen molar-refractivity contribution in [1.29, 1.82) is 0 Å². The molecule has 1 aliphatic carbocycles. The maximum atomic E-state index is 13.8. The normalized spacial score (nSPS) is 16.3. The minimum Gasteiger partial charge on any atom is -0.481 e. The van der Waals surface area contributed by atoms with E-state index in [0.29, 0.717) is 19.0 Å². The van der Waals surface area contributed by atoms with Gasteiger partial charge in [-0.2, -0.15) is 5.10 Å². The second-order valence-corrected chi connectivity index (χ2v) is 9.79. The van der Waals surface area contributed by atoms with Crippen LogP contribution in [0, 0.1) is 0 Å². The van der Waals surface area contributed by atoms with Gasteiger partial charge in [-0.1, -0.05) is 6.07 Å². The summed E-state index contributed by atoms with van der Waals surface area (Å²) >= 11 is 0. The second-order valence-electron chi connectivity index (χ2n) is 9.79. The van der Waals surface area contributed by atoms with E-state index in [9.17, 15) is 4.79 Å². The van der Waals surface area contributed by atoms with E-state index in [1.165, 1.54) is 11.1 Å². The molecule has 2 aromatic heterocycles. The fourth-order valence-corrected chi connectivity index (χ4v) is 5.33. The average molecular weight is 464 g/mol. The van der Waals surface area contributed by atoms with Gasteiger partial charge in [0, 0.05) is 56.6 Å². The number of benzene rings is 1. The Morgan fingerprint density at radius 3 is 2.65 bits per heavy atom. The summed E-state index contributed by atoms with van der Waals surface area (Å²) in [5.74, 6) is 1.58. The van der Waals surface area contributed by atoms with Crippen molar-refractivity contribution < 1.29 is 9.53 Å². The summed E-state index contributed by atoms with van der Waals surface area (Å²) in [6.07, 6.45) is 5.97. The Hall–Kier alpha value is -3.33. The number of hydrogen-bond acceptors (Lipinski definition) is 6. The lowest BCUT2D eigenvalue weighted by Gasteiger charge is -2.36. The number of amides is 1. The van der Waals surface area contributed by atoms with Crippen molar-refractivity contribution in [2.75, 3.05) is 40.1 Å². The van der Waals surface area contributed by atoms with Crippen molar-refractivity contribution in [3.05, 3.63) is 58.5 Å². The predicted molar refractivity (Wildman–Crippen MR) is 130 cm³/mol. The van der Waals surface area contributed by atoms with Crippen molar-refractivity contribution in [3.8, 4) is 5.88 Å². The number of nitrogens with one attached hydrogen (secondary N) is 1. The Morgan fingerprint density at radius 2 is 2.00 bits per heavy atom. The van der Waals surface area contributed by atoms with E-state index in [1.807, 2.05) is 31.3 Å². The van der Waals surface area contributed by atoms with Crippen molar-refractivity contribution in [2.45, 2.75) is 37.9 Å². The third kappa shape index (κ3) is 3.94. The fourth-order valence-electron chi connectivity index (χ4n) is 5.33. The molecule has 1 spiro atoms. The Morgan fingerprint density at radius 1 is 1.21 bits per heavy atom. The van der Waals surface area contributed by atoms with Crippen LogP contribution in [0.3, 0.4) is 0 Å². The molecule has 0 bridgehead atoms. The molecule has 1 aliphatic heterocycles. The van der Waals surface area contributed by atoms with Gasteiger partial charge in [0.25, 0.3) is 5.91 Å². The summed E-state index contributed by atoms with van der Waals surface area (Å²) in [4.78, 5) is 22.3. The molecule has 9 nitrogen and oxygen atoms in total. The molecule has 1 N–H and O–H groups in total. The van der Waals surface area contributed by atoms with Crippen molar-refractivity contribution in [3.63, 3.8) is 0 Å². The zero-order valence-electron chi connectivity index (χ0n) is 20.6. The van der Waals surface area contributed by atoms with Gasteiger partial charge in [-0.15, -0.1) is 0 Å². The van der Waals surface area contributed by atoms with Crippen LogP contribution in [0.25, 0.3) is 0 Å². The van der Waals surface area contributed by atoms with Gasteiger partial charge < -0.3 is 24.4 Å². The fraction of sp³-hybridized carbons (Fsp3) is 0.480. The maximum absolute atomic E-state index is 13.8. The molecule has 0 radical (unpaired) electrons. The molecule has 5 rings (SSSR count). The summed E-state index contributed by atoms with van der Waals surface area (Å²) in [5, 5.41) is 7.68. The third-order valence-corrected chi connectivity index (χ3v) is 6.90. The van der Waals surface area contributed by atoms with Gasteiger partial charge in [0.05, 0.1) is 25.9 Å². The summed E-state index contributed by atoms with van der Waals surface area (Å²) in [6.45, 7) is 2.69. The Balaban J connectivity index is 1.54. The highest BCUT2D eigenvalue weighted by molar-refractivity contribution is 5.98. The first kappa shape index (κ1) is 22.5. The van der Waals surface area contributed by atoms with E-state index in [4.69, 9.17) is 4.74 Å². The Labute approximate surface area is 200 Å². The first-order chi connectivity index (χ1) is 16.3. The monoisotopic (exact) mass is 463 g/mol. The van der Waals surface area contributed by atoms with Gasteiger partial charge in [-0.25, -0.2) is 9.67 Å². The van der Waals surface area contributed by atoms with E-state index >= 15 is 0 Å². The number of imidazole rings is 1. The van der Waals surface area contributed by atoms with E-state index in [2.05, 4.69) is 51.1 Å². The zero-order chi connectivity index (χ0) is 24.0. The van der Waals surface area contributed by atoms with Gasteiger partial charge in [0.15, 0.2) is 0 Å². The first-order valence-electron chi connectivity index (χ1n) is 11.7. The van der Waals surface area contributed by atoms with Crippen molar-refractivity contribution in [1.82, 2.24) is 29.1 Å². The summed E-state index contributed by atoms with van der Waals surface area (Å²) in [6, 6.07) is 6.29. The molecule has 180 valence electrons. The molecule has 0 atom stereocenters. The number of ether oxygens (including phenoxy) is 1. The number of anilines is 1. The Bertz CT molecular complexity index is 1220. The lowest BCUT2D eigenvalue weighted by atomic mass is 9.81. The minimum absolute atomic E-state index is 0.0527. The number of carbonyl (C=O) groups is 1. The molecular weight excluding hydrogens is 430 g/mol. The topological polar surface area (TPSA) is 80.5 Å². The quantitative estimate of drug-likeness (QED) is 0.553. The van der Waals surface area contributed by atoms with Gasteiger partial charge in [-0.3, -0.25) is 4.79 Å². The maximum Gasteiger partial charge on any atom is 0.254 e. The molecule has 3 aromatic rings. The lowest BCUT2D eigenvalue weighted by Crippen LogP contribution is -2.44. The molecule has 2 aliphatic rings. The van der Waals surface area contributed by atoms with Crippen LogP contribution in [0.1, 0.15) is 45.6 Å². The SMILES string of the molecule is CNc1nccn1Cc1cc(CN(C)C)c2c(c1)C(=O)N(Cc1cc(OC)n(C)n1)CC21CC1. The van der Waals surface area contributed by atoms with Crippen LogP contribution in [-0.2, 0) is 32.1 Å². The number of hydrogen-bond donors (Lipinski definition) is 1. The molecule has 1 fully saturated rings. The van der Waals surface area contributed by atoms with E-state index < -0.39 is 0 Å². The molecule has 0 saturated heterocycles. The summed E-state index contributed by atoms with van der Waals surface area (Å²) in [7, 11) is 9.52. The minimum atomic E-state index is 0.0527. The second kappa shape index (κ2) is 8.47. The van der Waals surface area contributed by atoms with Gasteiger partial charge >= 0.3 is 0 Å². The Kier molecular flexibility index (Phi) is 5.59. The largest absolute Gasteiger partial charge is 0.481 e. The summed E-state index contributed by atoms with van der Waals surface area (Å²) < 4.78 is 9.15. The molecule has 3 heterocycles. The van der Waals surface area contributed by atoms with E-state index in [0.717, 1.165) is 48.7 Å². The van der Waals surface area contributed by atoms with Gasteiger partial charge in [0.2, 0.25) is 11.8 Å². The van der Waals surface area contributed by atoms with E-state index in [1.54, 1.807) is 18.0 Å². The van der Waals surface area contributed by atoms with Crippen LogP contribution in [0.15, 0.2) is 30.6 Å². The number of carbonyl (C=O) groups excluding carboxylic acids is 1. The molecular formula is C25H33N7O2. The van der Waals surface area contributed by atoms with Crippen LogP contribution >= 0.6 is 0 Å². The van der Waals surface area contributed by atoms with Crippen molar-refractivity contribution >= 4 is 11.9 Å². The number of nitrogens with zero attached hydrogens (tertiary/aromatic N) is 6. The molecule has 34 heavy (non-hydrogen) atoms. The summed E-state index contributed by atoms with van der Waals surface area (Å²) in [5.41, 5.74) is 5.35. The highest BCUT2D eigenvalue weighted by atomic mass is 16.5. The first-order valence-corrected chi connectivity index (χ1v) is 11.7. The van der Waals surface area contributed by atoms with Crippen LogP contribution < -0.4 is 10.1 Å². The molecule has 9 heteroatoms. The number of methoxy groups -OCH3 is 1. The standard InChI is InChI=1S/C25H33N7O2/c1-26-24-27-8-9-31(24)13-17-10-18(14-29(2)3)22-20(11-17)23(33)32(16-25(22)6-7-25)15-19-12-21(34-5)30(4)28-19/h8-12H,6-7,13-16H2,1-5H3,(H,26,27). The molecule has 1 aromatic carbocycles. The van der Waals surface area contributed by atoms with Crippen LogP contribution in [0.4, 0.5) is 5.95 Å². The number of fused-ring (bicyclic) bond motifs is 2. The highest BCUT2D eigenvalue weighted by Gasteiger charge is 2.52. The van der Waals surface area contributed by atoms with E-state index in [-0.39, 0.29) is 11.3 Å². The average Bonchev–Trinajstić information content (AvgIpc) is 3.24. The van der Waals surface area contributed by atoms with Gasteiger partial charge in [0.1, 0.15) is 0 Å².